The summed E-state index contributed by atoms with van der Waals surface area (Å²) in [5.41, 5.74) is 2.02. The molecule has 2 aliphatic carbocycles. The summed E-state index contributed by atoms with van der Waals surface area (Å²) in [4.78, 5) is 11.8. The molecule has 0 aliphatic heterocycles. The number of anilines is 2. The van der Waals surface area contributed by atoms with E-state index in [1.165, 1.54) is 25.7 Å². The normalized spacial score (nSPS) is 25.4. The van der Waals surface area contributed by atoms with Crippen molar-refractivity contribution >= 4 is 17.3 Å². The lowest BCUT2D eigenvalue weighted by molar-refractivity contribution is -0.117. The summed E-state index contributed by atoms with van der Waals surface area (Å²) in [6, 6.07) is 8.10. The van der Waals surface area contributed by atoms with Gasteiger partial charge < -0.3 is 10.6 Å². The Morgan fingerprint density at radius 1 is 1.10 bits per heavy atom. The van der Waals surface area contributed by atoms with Crippen molar-refractivity contribution in [3.05, 3.63) is 24.3 Å². The van der Waals surface area contributed by atoms with Crippen LogP contribution >= 0.6 is 0 Å². The molecule has 3 nitrogen and oxygen atoms in total. The Hall–Kier alpha value is -1.51. The van der Waals surface area contributed by atoms with Gasteiger partial charge in [0.25, 0.3) is 0 Å². The van der Waals surface area contributed by atoms with Gasteiger partial charge in [-0.2, -0.15) is 0 Å². The summed E-state index contributed by atoms with van der Waals surface area (Å²) in [5.74, 6) is 2.13. The Morgan fingerprint density at radius 2 is 1.81 bits per heavy atom. The van der Waals surface area contributed by atoms with Gasteiger partial charge >= 0.3 is 0 Å². The highest BCUT2D eigenvalue weighted by Crippen LogP contribution is 2.31. The number of hydrogen-bond donors (Lipinski definition) is 2. The summed E-state index contributed by atoms with van der Waals surface area (Å²) >= 11 is 0. The molecule has 2 N–H and O–H groups in total. The van der Waals surface area contributed by atoms with Crippen LogP contribution in [0.25, 0.3) is 0 Å². The van der Waals surface area contributed by atoms with Crippen molar-refractivity contribution in [3.8, 4) is 0 Å². The quantitative estimate of drug-likeness (QED) is 0.848. The number of rotatable bonds is 5. The molecule has 0 aromatic heterocycles. The minimum atomic E-state index is 0.174. The number of benzene rings is 1. The second-order valence-electron chi connectivity index (χ2n) is 6.85. The zero-order valence-electron chi connectivity index (χ0n) is 12.9. The molecule has 2 fully saturated rings. The van der Waals surface area contributed by atoms with Gasteiger partial charge in [0.2, 0.25) is 5.91 Å². The summed E-state index contributed by atoms with van der Waals surface area (Å²) in [6.45, 7) is 3.41. The van der Waals surface area contributed by atoms with E-state index in [2.05, 4.69) is 23.6 Å². The maximum atomic E-state index is 11.8. The zero-order chi connectivity index (χ0) is 14.7. The summed E-state index contributed by atoms with van der Waals surface area (Å²) in [5, 5.41) is 6.55. The van der Waals surface area contributed by atoms with Crippen LogP contribution in [0.15, 0.2) is 24.3 Å². The predicted molar refractivity (Wildman–Crippen MR) is 87.4 cm³/mol. The van der Waals surface area contributed by atoms with Gasteiger partial charge in [0.05, 0.1) is 0 Å². The number of hydrogen-bond acceptors (Lipinski definition) is 2. The second-order valence-corrected chi connectivity index (χ2v) is 6.85. The lowest BCUT2D eigenvalue weighted by Gasteiger charge is -2.26. The molecule has 1 amide bonds. The minimum Gasteiger partial charge on any atom is -0.385 e. The number of carbonyl (C=O) groups excluding carboxylic acids is 1. The van der Waals surface area contributed by atoms with Crippen LogP contribution in [0.3, 0.4) is 0 Å². The number of amides is 1. The van der Waals surface area contributed by atoms with Crippen molar-refractivity contribution in [2.45, 2.75) is 45.4 Å². The van der Waals surface area contributed by atoms with Crippen LogP contribution in [0, 0.1) is 17.8 Å². The van der Waals surface area contributed by atoms with Crippen LogP contribution in [0.1, 0.15) is 45.4 Å². The second kappa shape index (κ2) is 6.50. The molecular formula is C18H26N2O. The average molecular weight is 286 g/mol. The summed E-state index contributed by atoms with van der Waals surface area (Å²) < 4.78 is 0. The molecular weight excluding hydrogens is 260 g/mol. The molecule has 0 atom stereocenters. The smallest absolute Gasteiger partial charge is 0.227 e. The van der Waals surface area contributed by atoms with Crippen LogP contribution in [0.5, 0.6) is 0 Å². The molecule has 2 aliphatic rings. The third kappa shape index (κ3) is 4.23. The number of carbonyl (C=O) groups is 1. The van der Waals surface area contributed by atoms with Crippen LogP contribution in [-0.2, 0) is 4.79 Å². The first-order valence-corrected chi connectivity index (χ1v) is 8.35. The van der Waals surface area contributed by atoms with Crippen molar-refractivity contribution in [2.75, 3.05) is 17.2 Å². The van der Waals surface area contributed by atoms with Crippen LogP contribution in [0.2, 0.25) is 0 Å². The SMILES string of the molecule is CC1CCC(CNc2cccc(NC(=O)C3CC3)c2)CC1. The predicted octanol–water partition coefficient (Wildman–Crippen LogP) is 4.27. The Kier molecular flexibility index (Phi) is 4.47. The first-order valence-electron chi connectivity index (χ1n) is 8.35. The highest BCUT2D eigenvalue weighted by atomic mass is 16.2. The summed E-state index contributed by atoms with van der Waals surface area (Å²) in [6.07, 6.45) is 7.50. The largest absolute Gasteiger partial charge is 0.385 e. The molecule has 114 valence electrons. The van der Waals surface area contributed by atoms with E-state index in [9.17, 15) is 4.79 Å². The van der Waals surface area contributed by atoms with E-state index in [-0.39, 0.29) is 11.8 Å². The van der Waals surface area contributed by atoms with Crippen LogP contribution in [-0.4, -0.2) is 12.5 Å². The van der Waals surface area contributed by atoms with E-state index >= 15 is 0 Å². The molecule has 1 aromatic carbocycles. The first kappa shape index (κ1) is 14.4. The van der Waals surface area contributed by atoms with Crippen molar-refractivity contribution < 1.29 is 4.79 Å². The van der Waals surface area contributed by atoms with Gasteiger partial charge in [-0.3, -0.25) is 4.79 Å². The Labute approximate surface area is 127 Å². The molecule has 0 radical (unpaired) electrons. The van der Waals surface area contributed by atoms with Gasteiger partial charge in [-0.15, -0.1) is 0 Å². The van der Waals surface area contributed by atoms with Gasteiger partial charge in [-0.25, -0.2) is 0 Å². The Morgan fingerprint density at radius 3 is 2.52 bits per heavy atom. The third-order valence-electron chi connectivity index (χ3n) is 4.81. The molecule has 0 unspecified atom stereocenters. The fraction of sp³-hybridized carbons (Fsp3) is 0.611. The molecule has 0 spiro atoms. The van der Waals surface area contributed by atoms with E-state index in [1.54, 1.807) is 0 Å². The van der Waals surface area contributed by atoms with E-state index < -0.39 is 0 Å². The minimum absolute atomic E-state index is 0.174. The van der Waals surface area contributed by atoms with Gasteiger partial charge in [0.1, 0.15) is 0 Å². The van der Waals surface area contributed by atoms with E-state index in [0.717, 1.165) is 42.6 Å². The van der Waals surface area contributed by atoms with E-state index in [4.69, 9.17) is 0 Å². The molecule has 3 rings (SSSR count). The summed E-state index contributed by atoms with van der Waals surface area (Å²) in [7, 11) is 0. The highest BCUT2D eigenvalue weighted by Gasteiger charge is 2.29. The van der Waals surface area contributed by atoms with Gasteiger partial charge in [-0.1, -0.05) is 25.8 Å². The van der Waals surface area contributed by atoms with Gasteiger partial charge in [0.15, 0.2) is 0 Å². The monoisotopic (exact) mass is 286 g/mol. The highest BCUT2D eigenvalue weighted by molar-refractivity contribution is 5.94. The van der Waals surface area contributed by atoms with E-state index in [0.29, 0.717) is 0 Å². The van der Waals surface area contributed by atoms with Crippen LogP contribution < -0.4 is 10.6 Å². The van der Waals surface area contributed by atoms with Gasteiger partial charge in [0, 0.05) is 23.8 Å². The Balaban J connectivity index is 1.49. The molecule has 0 bridgehead atoms. The molecule has 1 aromatic rings. The molecule has 2 saturated carbocycles. The molecule has 0 heterocycles. The van der Waals surface area contributed by atoms with Crippen molar-refractivity contribution in [2.24, 2.45) is 17.8 Å². The van der Waals surface area contributed by atoms with Gasteiger partial charge in [-0.05, 0) is 55.7 Å². The van der Waals surface area contributed by atoms with Crippen LogP contribution in [0.4, 0.5) is 11.4 Å². The standard InChI is InChI=1S/C18H26N2O/c1-13-5-7-14(8-6-13)12-19-16-3-2-4-17(11-16)20-18(21)15-9-10-15/h2-4,11,13-15,19H,5-10,12H2,1H3,(H,20,21). The Bertz CT molecular complexity index is 488. The lowest BCUT2D eigenvalue weighted by atomic mass is 9.83. The molecule has 3 heteroatoms. The van der Waals surface area contributed by atoms with Crippen molar-refractivity contribution in [1.29, 1.82) is 0 Å². The molecule has 0 saturated heterocycles. The zero-order valence-corrected chi connectivity index (χ0v) is 12.9. The average Bonchev–Trinajstić information content (AvgIpc) is 3.32. The van der Waals surface area contributed by atoms with Crippen molar-refractivity contribution in [3.63, 3.8) is 0 Å². The molecule has 21 heavy (non-hydrogen) atoms. The fourth-order valence-electron chi connectivity index (χ4n) is 3.09. The maximum Gasteiger partial charge on any atom is 0.227 e. The van der Waals surface area contributed by atoms with E-state index in [1.807, 2.05) is 18.2 Å². The van der Waals surface area contributed by atoms with Crippen molar-refractivity contribution in [1.82, 2.24) is 0 Å². The maximum absolute atomic E-state index is 11.8. The number of nitrogens with one attached hydrogen (secondary N) is 2. The first-order chi connectivity index (χ1) is 10.2. The topological polar surface area (TPSA) is 41.1 Å². The fourth-order valence-corrected chi connectivity index (χ4v) is 3.09. The lowest BCUT2D eigenvalue weighted by Crippen LogP contribution is -2.20. The third-order valence-corrected chi connectivity index (χ3v) is 4.81.